The Balaban J connectivity index is 2.49. The van der Waals surface area contributed by atoms with Crippen LogP contribution in [0.2, 0.25) is 0 Å². The summed E-state index contributed by atoms with van der Waals surface area (Å²) in [6.07, 6.45) is 0. The third-order valence-corrected chi connectivity index (χ3v) is 5.13. The third kappa shape index (κ3) is 2.49. The Labute approximate surface area is 113 Å². The van der Waals surface area contributed by atoms with Crippen molar-refractivity contribution in [2.45, 2.75) is 19.5 Å². The zero-order valence-electron chi connectivity index (χ0n) is 11.1. The standard InChI is InChI=1S/C12H17N3O3S/c1-9-12(16)13-11-7-5-4-6-10(11)8-15(9)19(17,18)14(2)3/h4-7,9H,8H2,1-3H3,(H,13,16). The number of hydrogen-bond donors (Lipinski definition) is 1. The van der Waals surface area contributed by atoms with E-state index in [1.807, 2.05) is 12.1 Å². The molecule has 0 saturated carbocycles. The van der Waals surface area contributed by atoms with Gasteiger partial charge in [-0.2, -0.15) is 17.0 Å². The van der Waals surface area contributed by atoms with Gasteiger partial charge in [0, 0.05) is 26.3 Å². The summed E-state index contributed by atoms with van der Waals surface area (Å²) in [5.74, 6) is -0.324. The summed E-state index contributed by atoms with van der Waals surface area (Å²) < 4.78 is 26.9. The second-order valence-corrected chi connectivity index (χ2v) is 6.75. The molecule has 1 unspecified atom stereocenters. The molecule has 0 aliphatic carbocycles. The van der Waals surface area contributed by atoms with Crippen molar-refractivity contribution in [1.29, 1.82) is 0 Å². The molecule has 1 heterocycles. The van der Waals surface area contributed by atoms with Gasteiger partial charge in [0.25, 0.3) is 10.2 Å². The fourth-order valence-corrected chi connectivity index (χ4v) is 3.16. The lowest BCUT2D eigenvalue weighted by molar-refractivity contribution is -0.119. The fraction of sp³-hybridized carbons (Fsp3) is 0.417. The number of para-hydroxylation sites is 1. The molecule has 0 radical (unpaired) electrons. The molecule has 0 bridgehead atoms. The van der Waals surface area contributed by atoms with E-state index in [0.717, 1.165) is 9.87 Å². The van der Waals surface area contributed by atoms with E-state index in [-0.39, 0.29) is 12.5 Å². The van der Waals surface area contributed by atoms with E-state index in [2.05, 4.69) is 5.32 Å². The zero-order valence-corrected chi connectivity index (χ0v) is 11.9. The number of carbonyl (C=O) groups is 1. The number of anilines is 1. The van der Waals surface area contributed by atoms with E-state index < -0.39 is 16.3 Å². The second kappa shape index (κ2) is 4.92. The van der Waals surface area contributed by atoms with Crippen LogP contribution in [0.5, 0.6) is 0 Å². The quantitative estimate of drug-likeness (QED) is 0.865. The molecule has 0 spiro atoms. The Morgan fingerprint density at radius 1 is 1.32 bits per heavy atom. The number of amides is 1. The first-order chi connectivity index (χ1) is 8.84. The van der Waals surface area contributed by atoms with E-state index in [4.69, 9.17) is 0 Å². The highest BCUT2D eigenvalue weighted by Crippen LogP contribution is 2.25. The predicted octanol–water partition coefficient (Wildman–Crippen LogP) is 0.636. The van der Waals surface area contributed by atoms with Gasteiger partial charge in [-0.1, -0.05) is 18.2 Å². The summed E-state index contributed by atoms with van der Waals surface area (Å²) in [5.41, 5.74) is 1.45. The monoisotopic (exact) mass is 283 g/mol. The van der Waals surface area contributed by atoms with Crippen molar-refractivity contribution in [2.75, 3.05) is 19.4 Å². The lowest BCUT2D eigenvalue weighted by Gasteiger charge is -2.27. The number of rotatable bonds is 2. The molecular weight excluding hydrogens is 266 g/mol. The first-order valence-corrected chi connectivity index (χ1v) is 7.32. The Morgan fingerprint density at radius 3 is 2.58 bits per heavy atom. The van der Waals surface area contributed by atoms with Crippen molar-refractivity contribution in [3.63, 3.8) is 0 Å². The van der Waals surface area contributed by atoms with Gasteiger partial charge >= 0.3 is 0 Å². The number of nitrogens with one attached hydrogen (secondary N) is 1. The molecular formula is C12H17N3O3S. The van der Waals surface area contributed by atoms with Gasteiger partial charge in [0.1, 0.15) is 6.04 Å². The number of carbonyl (C=O) groups excluding carboxylic acids is 1. The summed E-state index contributed by atoms with van der Waals surface area (Å²) >= 11 is 0. The molecule has 2 rings (SSSR count). The molecule has 0 fully saturated rings. The molecule has 7 heteroatoms. The maximum Gasteiger partial charge on any atom is 0.282 e. The average Bonchev–Trinajstić information content (AvgIpc) is 2.48. The molecule has 0 saturated heterocycles. The smallest absolute Gasteiger partial charge is 0.282 e. The van der Waals surface area contributed by atoms with E-state index in [1.54, 1.807) is 19.1 Å². The number of hydrogen-bond acceptors (Lipinski definition) is 3. The average molecular weight is 283 g/mol. The zero-order chi connectivity index (χ0) is 14.2. The number of fused-ring (bicyclic) bond motifs is 1. The molecule has 1 N–H and O–H groups in total. The van der Waals surface area contributed by atoms with Crippen molar-refractivity contribution in [3.8, 4) is 0 Å². The van der Waals surface area contributed by atoms with Gasteiger partial charge in [0.2, 0.25) is 5.91 Å². The Morgan fingerprint density at radius 2 is 1.95 bits per heavy atom. The van der Waals surface area contributed by atoms with Gasteiger partial charge in [-0.25, -0.2) is 0 Å². The van der Waals surface area contributed by atoms with Crippen LogP contribution in [-0.4, -0.2) is 43.1 Å². The molecule has 1 aromatic carbocycles. The highest BCUT2D eigenvalue weighted by atomic mass is 32.2. The number of nitrogens with zero attached hydrogens (tertiary/aromatic N) is 2. The number of benzene rings is 1. The van der Waals surface area contributed by atoms with Gasteiger partial charge in [-0.15, -0.1) is 0 Å². The van der Waals surface area contributed by atoms with Gasteiger partial charge < -0.3 is 5.32 Å². The fourth-order valence-electron chi connectivity index (χ4n) is 1.94. The molecule has 1 atom stereocenters. The molecule has 1 amide bonds. The van der Waals surface area contributed by atoms with Crippen LogP contribution in [0.25, 0.3) is 0 Å². The third-order valence-electron chi connectivity index (χ3n) is 3.17. The Bertz CT molecular complexity index is 598. The van der Waals surface area contributed by atoms with E-state index >= 15 is 0 Å². The Hall–Kier alpha value is -1.44. The largest absolute Gasteiger partial charge is 0.324 e. The normalized spacial score (nSPS) is 20.8. The van der Waals surface area contributed by atoms with Crippen LogP contribution in [-0.2, 0) is 21.5 Å². The van der Waals surface area contributed by atoms with Gasteiger partial charge in [0.05, 0.1) is 0 Å². The lowest BCUT2D eigenvalue weighted by atomic mass is 10.2. The van der Waals surface area contributed by atoms with Gasteiger partial charge in [-0.3, -0.25) is 4.79 Å². The molecule has 19 heavy (non-hydrogen) atoms. The van der Waals surface area contributed by atoms with Crippen molar-refractivity contribution >= 4 is 21.8 Å². The summed E-state index contributed by atoms with van der Waals surface area (Å²) in [6, 6.07) is 6.46. The maximum atomic E-state index is 12.3. The van der Waals surface area contributed by atoms with Crippen LogP contribution in [0.15, 0.2) is 24.3 Å². The summed E-state index contributed by atoms with van der Waals surface area (Å²) in [6.45, 7) is 1.76. The van der Waals surface area contributed by atoms with Crippen LogP contribution in [0, 0.1) is 0 Å². The van der Waals surface area contributed by atoms with E-state index in [0.29, 0.717) is 5.69 Å². The van der Waals surface area contributed by atoms with E-state index in [9.17, 15) is 13.2 Å². The van der Waals surface area contributed by atoms with Crippen molar-refractivity contribution < 1.29 is 13.2 Å². The van der Waals surface area contributed by atoms with Crippen LogP contribution in [0.4, 0.5) is 5.69 Å². The van der Waals surface area contributed by atoms with E-state index in [1.165, 1.54) is 18.4 Å². The molecule has 104 valence electrons. The first kappa shape index (κ1) is 14.0. The SMILES string of the molecule is CC1C(=O)Nc2ccccc2CN1S(=O)(=O)N(C)C. The summed E-state index contributed by atoms with van der Waals surface area (Å²) in [7, 11) is -0.732. The Kier molecular flexibility index (Phi) is 3.62. The topological polar surface area (TPSA) is 69.7 Å². The summed E-state index contributed by atoms with van der Waals surface area (Å²) in [4.78, 5) is 12.0. The van der Waals surface area contributed by atoms with Crippen LogP contribution in [0.3, 0.4) is 0 Å². The molecule has 1 aromatic rings. The molecule has 0 aromatic heterocycles. The minimum absolute atomic E-state index is 0.177. The van der Waals surface area contributed by atoms with Crippen molar-refractivity contribution in [1.82, 2.24) is 8.61 Å². The van der Waals surface area contributed by atoms with Crippen LogP contribution >= 0.6 is 0 Å². The van der Waals surface area contributed by atoms with Crippen molar-refractivity contribution in [3.05, 3.63) is 29.8 Å². The maximum absolute atomic E-state index is 12.3. The van der Waals surface area contributed by atoms with Crippen LogP contribution < -0.4 is 5.32 Å². The minimum Gasteiger partial charge on any atom is -0.324 e. The highest BCUT2D eigenvalue weighted by molar-refractivity contribution is 7.86. The van der Waals surface area contributed by atoms with Crippen molar-refractivity contribution in [2.24, 2.45) is 0 Å². The molecule has 6 nitrogen and oxygen atoms in total. The van der Waals surface area contributed by atoms with Crippen LogP contribution in [0.1, 0.15) is 12.5 Å². The first-order valence-electron chi connectivity index (χ1n) is 5.92. The second-order valence-electron chi connectivity index (χ2n) is 4.66. The van der Waals surface area contributed by atoms with Gasteiger partial charge in [-0.05, 0) is 18.6 Å². The highest BCUT2D eigenvalue weighted by Gasteiger charge is 2.36. The summed E-state index contributed by atoms with van der Waals surface area (Å²) in [5, 5.41) is 2.75. The molecule has 1 aliphatic rings. The lowest BCUT2D eigenvalue weighted by Crippen LogP contribution is -2.47. The minimum atomic E-state index is -3.64. The molecule has 1 aliphatic heterocycles. The predicted molar refractivity (Wildman–Crippen MR) is 72.7 cm³/mol. The van der Waals surface area contributed by atoms with Gasteiger partial charge in [0.15, 0.2) is 0 Å².